The molecule has 8 heteroatoms. The molecule has 0 fully saturated rings. The average molecular weight is 291 g/mol. The van der Waals surface area contributed by atoms with Gasteiger partial charge in [0.15, 0.2) is 0 Å². The van der Waals surface area contributed by atoms with Gasteiger partial charge < -0.3 is 10.0 Å². The van der Waals surface area contributed by atoms with Gasteiger partial charge in [0.2, 0.25) is 10.0 Å². The highest BCUT2D eigenvalue weighted by molar-refractivity contribution is 7.89. The van der Waals surface area contributed by atoms with E-state index in [0.717, 1.165) is 18.5 Å². The van der Waals surface area contributed by atoms with Gasteiger partial charge in [-0.1, -0.05) is 0 Å². The molecule has 0 aliphatic carbocycles. The first-order valence-electron chi connectivity index (χ1n) is 5.60. The van der Waals surface area contributed by atoms with E-state index in [1.165, 1.54) is 6.92 Å². The highest BCUT2D eigenvalue weighted by Crippen LogP contribution is 2.10. The Morgan fingerprint density at radius 1 is 1.47 bits per heavy atom. The maximum Gasteiger partial charge on any atom is 0.242 e. The number of hydrogen-bond acceptors (Lipinski definition) is 5. The number of halogens is 1. The van der Waals surface area contributed by atoms with E-state index in [9.17, 15) is 17.9 Å². The third-order valence-corrected chi connectivity index (χ3v) is 3.66. The minimum Gasteiger partial charge on any atom is -0.387 e. The fourth-order valence-electron chi connectivity index (χ4n) is 1.61. The van der Waals surface area contributed by atoms with Crippen molar-refractivity contribution in [2.75, 3.05) is 27.2 Å². The van der Waals surface area contributed by atoms with Crippen molar-refractivity contribution >= 4 is 10.0 Å². The molecule has 0 radical (unpaired) electrons. The number of rotatable bonds is 6. The van der Waals surface area contributed by atoms with E-state index in [4.69, 9.17) is 0 Å². The molecule has 6 nitrogen and oxygen atoms in total. The zero-order valence-corrected chi connectivity index (χ0v) is 11.9. The van der Waals surface area contributed by atoms with Crippen molar-refractivity contribution in [2.45, 2.75) is 17.4 Å². The van der Waals surface area contributed by atoms with Gasteiger partial charge in [-0.05, 0) is 27.1 Å². The van der Waals surface area contributed by atoms with Crippen molar-refractivity contribution in [3.05, 3.63) is 24.3 Å². The van der Waals surface area contributed by atoms with Crippen LogP contribution in [0.25, 0.3) is 0 Å². The fraction of sp³-hybridized carbons (Fsp3) is 0.545. The van der Waals surface area contributed by atoms with Crippen LogP contribution >= 0.6 is 0 Å². The first-order chi connectivity index (χ1) is 8.62. The molecule has 108 valence electrons. The number of likely N-dealkylation sites (N-methyl/N-ethyl adjacent to an activating group) is 1. The van der Waals surface area contributed by atoms with Gasteiger partial charge in [-0.15, -0.1) is 0 Å². The minimum absolute atomic E-state index is 0.177. The Morgan fingerprint density at radius 3 is 2.63 bits per heavy atom. The van der Waals surface area contributed by atoms with Gasteiger partial charge in [0.1, 0.15) is 10.7 Å². The summed E-state index contributed by atoms with van der Waals surface area (Å²) < 4.78 is 38.9. The molecule has 1 aromatic rings. The van der Waals surface area contributed by atoms with Gasteiger partial charge in [-0.3, -0.25) is 4.98 Å². The van der Waals surface area contributed by atoms with Crippen LogP contribution in [-0.2, 0) is 10.0 Å². The van der Waals surface area contributed by atoms with E-state index < -0.39 is 21.4 Å². The topological polar surface area (TPSA) is 82.5 Å². The molecule has 1 unspecified atom stereocenters. The van der Waals surface area contributed by atoms with Gasteiger partial charge in [-0.25, -0.2) is 17.5 Å². The summed E-state index contributed by atoms with van der Waals surface area (Å²) in [6, 6.07) is 0.871. The van der Waals surface area contributed by atoms with Crippen LogP contribution in [-0.4, -0.2) is 56.2 Å². The quantitative estimate of drug-likeness (QED) is 0.759. The fourth-order valence-corrected chi connectivity index (χ4v) is 2.75. The second-order valence-electron chi connectivity index (χ2n) is 4.90. The molecule has 1 atom stereocenters. The summed E-state index contributed by atoms with van der Waals surface area (Å²) in [5.74, 6) is -0.733. The van der Waals surface area contributed by atoms with Crippen molar-refractivity contribution in [1.82, 2.24) is 14.6 Å². The van der Waals surface area contributed by atoms with E-state index in [0.29, 0.717) is 0 Å². The van der Waals surface area contributed by atoms with Crippen LogP contribution in [0.4, 0.5) is 4.39 Å². The summed E-state index contributed by atoms with van der Waals surface area (Å²) in [7, 11) is -0.356. The maximum absolute atomic E-state index is 12.9. The largest absolute Gasteiger partial charge is 0.387 e. The lowest BCUT2D eigenvalue weighted by Gasteiger charge is -2.26. The Hall–Kier alpha value is -1.09. The summed E-state index contributed by atoms with van der Waals surface area (Å²) in [6.45, 7) is 1.63. The number of aliphatic hydroxyl groups is 1. The second kappa shape index (κ2) is 5.91. The van der Waals surface area contributed by atoms with Gasteiger partial charge in [0.25, 0.3) is 0 Å². The van der Waals surface area contributed by atoms with E-state index in [-0.39, 0.29) is 18.0 Å². The molecule has 0 aromatic carbocycles. The summed E-state index contributed by atoms with van der Waals surface area (Å²) >= 11 is 0. The Bertz CT molecular complexity index is 532. The van der Waals surface area contributed by atoms with Crippen molar-refractivity contribution in [2.24, 2.45) is 0 Å². The van der Waals surface area contributed by atoms with Crippen LogP contribution in [0.5, 0.6) is 0 Å². The van der Waals surface area contributed by atoms with Crippen LogP contribution in [0.3, 0.4) is 0 Å². The first-order valence-corrected chi connectivity index (χ1v) is 7.08. The average Bonchev–Trinajstić information content (AvgIpc) is 2.25. The molecular formula is C11H18FN3O3S. The second-order valence-corrected chi connectivity index (χ2v) is 6.67. The summed E-state index contributed by atoms with van der Waals surface area (Å²) in [6.07, 6.45) is 1.97. The molecule has 0 aliphatic heterocycles. The lowest BCUT2D eigenvalue weighted by Crippen LogP contribution is -2.47. The molecule has 1 heterocycles. The van der Waals surface area contributed by atoms with E-state index in [2.05, 4.69) is 9.71 Å². The van der Waals surface area contributed by atoms with Gasteiger partial charge in [0.05, 0.1) is 11.8 Å². The third-order valence-electron chi connectivity index (χ3n) is 2.29. The van der Waals surface area contributed by atoms with Crippen molar-refractivity contribution in [3.8, 4) is 0 Å². The zero-order chi connectivity index (χ0) is 14.7. The van der Waals surface area contributed by atoms with Crippen LogP contribution in [0.2, 0.25) is 0 Å². The smallest absolute Gasteiger partial charge is 0.242 e. The number of hydrogen-bond donors (Lipinski definition) is 2. The molecule has 0 aliphatic rings. The normalized spacial score (nSPS) is 15.5. The van der Waals surface area contributed by atoms with Crippen LogP contribution < -0.4 is 4.72 Å². The molecule has 0 spiro atoms. The molecule has 0 bridgehead atoms. The lowest BCUT2D eigenvalue weighted by molar-refractivity contribution is 0.0386. The van der Waals surface area contributed by atoms with Crippen molar-refractivity contribution in [1.29, 1.82) is 0 Å². The van der Waals surface area contributed by atoms with Crippen LogP contribution in [0.15, 0.2) is 23.4 Å². The molecule has 1 rings (SSSR count). The number of nitrogens with zero attached hydrogens (tertiary/aromatic N) is 2. The van der Waals surface area contributed by atoms with E-state index in [1.807, 2.05) is 0 Å². The molecule has 0 amide bonds. The highest BCUT2D eigenvalue weighted by Gasteiger charge is 2.25. The van der Waals surface area contributed by atoms with Crippen LogP contribution in [0, 0.1) is 5.82 Å². The predicted molar refractivity (Wildman–Crippen MR) is 68.6 cm³/mol. The number of pyridine rings is 1. The van der Waals surface area contributed by atoms with Crippen molar-refractivity contribution in [3.63, 3.8) is 0 Å². The summed E-state index contributed by atoms with van der Waals surface area (Å²) in [5, 5.41) is 9.99. The SMILES string of the molecule is CN(C)CC(C)(O)CNS(=O)(=O)c1cncc(F)c1. The Balaban J connectivity index is 2.76. The van der Waals surface area contributed by atoms with Crippen molar-refractivity contribution < 1.29 is 17.9 Å². The minimum atomic E-state index is -3.88. The standard InChI is InChI=1S/C11H18FN3O3S/c1-11(16,8-15(2)3)7-14-19(17,18)10-4-9(12)5-13-6-10/h4-6,14,16H,7-8H2,1-3H3. The van der Waals surface area contributed by atoms with Gasteiger partial charge in [0, 0.05) is 19.3 Å². The number of sulfonamides is 1. The molecule has 0 saturated carbocycles. The molecule has 0 saturated heterocycles. The molecule has 1 aromatic heterocycles. The summed E-state index contributed by atoms with van der Waals surface area (Å²) in [5.41, 5.74) is -1.22. The van der Waals surface area contributed by atoms with E-state index in [1.54, 1.807) is 19.0 Å². The monoisotopic (exact) mass is 291 g/mol. The zero-order valence-electron chi connectivity index (χ0n) is 11.1. The number of aromatic nitrogens is 1. The third kappa shape index (κ3) is 5.19. The molecule has 2 N–H and O–H groups in total. The van der Waals surface area contributed by atoms with Gasteiger partial charge >= 0.3 is 0 Å². The number of nitrogens with one attached hydrogen (secondary N) is 1. The maximum atomic E-state index is 12.9. The van der Waals surface area contributed by atoms with Gasteiger partial charge in [-0.2, -0.15) is 0 Å². The first kappa shape index (κ1) is 16.0. The van der Waals surface area contributed by atoms with E-state index >= 15 is 0 Å². The Kier molecular flexibility index (Phi) is 4.97. The van der Waals surface area contributed by atoms with Crippen LogP contribution in [0.1, 0.15) is 6.92 Å². The Morgan fingerprint density at radius 2 is 2.11 bits per heavy atom. The molecule has 19 heavy (non-hydrogen) atoms. The molecular weight excluding hydrogens is 273 g/mol. The lowest BCUT2D eigenvalue weighted by atomic mass is 10.1. The highest BCUT2D eigenvalue weighted by atomic mass is 32.2. The predicted octanol–water partition coefficient (Wildman–Crippen LogP) is -0.188. The summed E-state index contributed by atoms with van der Waals surface area (Å²) in [4.78, 5) is 4.94. The Labute approximate surface area is 112 Å².